The topological polar surface area (TPSA) is 21.7 Å². The van der Waals surface area contributed by atoms with Gasteiger partial charge in [-0.2, -0.15) is 0 Å². The van der Waals surface area contributed by atoms with E-state index in [1.54, 1.807) is 14.2 Å². The number of rotatable bonds is 9. The summed E-state index contributed by atoms with van der Waals surface area (Å²) < 4.78 is 10.6. The summed E-state index contributed by atoms with van der Waals surface area (Å²) in [4.78, 5) is 2.08. The van der Waals surface area contributed by atoms with E-state index in [9.17, 15) is 0 Å². The standard InChI is InChI=1S/C19H27NO2/c1-5-7-9-18(21-3)10-8-16-20(15-6-2)17-11-13-19(22-4)14-12-17/h6-9,11-16,18H,5,10H2,1-4H3. The van der Waals surface area contributed by atoms with Gasteiger partial charge in [0.25, 0.3) is 0 Å². The average Bonchev–Trinajstić information content (AvgIpc) is 2.57. The number of allylic oxidation sites excluding steroid dienone is 2. The number of methoxy groups -OCH3 is 2. The lowest BCUT2D eigenvalue weighted by molar-refractivity contribution is 0.143. The highest BCUT2D eigenvalue weighted by Gasteiger charge is 2.02. The molecule has 0 fully saturated rings. The number of anilines is 1. The van der Waals surface area contributed by atoms with Crippen LogP contribution in [0.5, 0.6) is 5.75 Å². The fourth-order valence-electron chi connectivity index (χ4n) is 1.99. The van der Waals surface area contributed by atoms with Gasteiger partial charge in [0.15, 0.2) is 0 Å². The lowest BCUT2D eigenvalue weighted by Crippen LogP contribution is -2.09. The SMILES string of the molecule is CC=CN(C=CCC(C=CCC)OC)c1ccc(OC)cc1. The predicted molar refractivity (Wildman–Crippen MR) is 94.3 cm³/mol. The second kappa shape index (κ2) is 10.7. The molecule has 120 valence electrons. The zero-order valence-corrected chi connectivity index (χ0v) is 14.0. The molecule has 0 saturated carbocycles. The lowest BCUT2D eigenvalue weighted by atomic mass is 10.2. The maximum Gasteiger partial charge on any atom is 0.119 e. The lowest BCUT2D eigenvalue weighted by Gasteiger charge is -2.16. The van der Waals surface area contributed by atoms with E-state index < -0.39 is 0 Å². The Morgan fingerprint density at radius 3 is 2.36 bits per heavy atom. The summed E-state index contributed by atoms with van der Waals surface area (Å²) in [5, 5.41) is 0. The summed E-state index contributed by atoms with van der Waals surface area (Å²) in [6.07, 6.45) is 14.5. The molecule has 0 radical (unpaired) electrons. The van der Waals surface area contributed by atoms with Crippen molar-refractivity contribution in [3.63, 3.8) is 0 Å². The zero-order valence-electron chi connectivity index (χ0n) is 14.0. The Kier molecular flexibility index (Phi) is 8.77. The summed E-state index contributed by atoms with van der Waals surface area (Å²) in [5.41, 5.74) is 1.09. The molecule has 1 aromatic rings. The van der Waals surface area contributed by atoms with Gasteiger partial charge in [-0.05, 0) is 44.0 Å². The van der Waals surface area contributed by atoms with E-state index in [2.05, 4.69) is 36.3 Å². The quantitative estimate of drug-likeness (QED) is 0.604. The number of ether oxygens (including phenoxy) is 2. The highest BCUT2D eigenvalue weighted by molar-refractivity contribution is 5.53. The molecule has 0 spiro atoms. The zero-order chi connectivity index (χ0) is 16.2. The number of nitrogens with zero attached hydrogens (tertiary/aromatic N) is 1. The highest BCUT2D eigenvalue weighted by Crippen LogP contribution is 2.20. The van der Waals surface area contributed by atoms with Crippen molar-refractivity contribution in [2.24, 2.45) is 0 Å². The molecule has 0 aliphatic heterocycles. The van der Waals surface area contributed by atoms with Crippen LogP contribution in [-0.2, 0) is 4.74 Å². The van der Waals surface area contributed by atoms with Crippen LogP contribution in [0.25, 0.3) is 0 Å². The monoisotopic (exact) mass is 301 g/mol. The highest BCUT2D eigenvalue weighted by atomic mass is 16.5. The van der Waals surface area contributed by atoms with Crippen molar-refractivity contribution in [1.82, 2.24) is 0 Å². The van der Waals surface area contributed by atoms with Crippen LogP contribution >= 0.6 is 0 Å². The molecule has 0 saturated heterocycles. The fraction of sp³-hybridized carbons (Fsp3) is 0.368. The van der Waals surface area contributed by atoms with E-state index in [1.807, 2.05) is 43.5 Å². The minimum Gasteiger partial charge on any atom is -0.497 e. The van der Waals surface area contributed by atoms with Crippen LogP contribution in [0.2, 0.25) is 0 Å². The second-order valence-corrected chi connectivity index (χ2v) is 4.82. The Morgan fingerprint density at radius 2 is 1.82 bits per heavy atom. The Bertz CT molecular complexity index is 489. The van der Waals surface area contributed by atoms with Crippen molar-refractivity contribution in [2.75, 3.05) is 19.1 Å². The predicted octanol–water partition coefficient (Wildman–Crippen LogP) is 4.92. The molecule has 3 heteroatoms. The first kappa shape index (κ1) is 18.1. The van der Waals surface area contributed by atoms with E-state index >= 15 is 0 Å². The van der Waals surface area contributed by atoms with Gasteiger partial charge in [-0.25, -0.2) is 0 Å². The first-order valence-corrected chi connectivity index (χ1v) is 7.66. The minimum atomic E-state index is 0.125. The molecule has 0 bridgehead atoms. The van der Waals surface area contributed by atoms with Gasteiger partial charge in [-0.3, -0.25) is 0 Å². The minimum absolute atomic E-state index is 0.125. The molecule has 0 aliphatic carbocycles. The van der Waals surface area contributed by atoms with Crippen molar-refractivity contribution < 1.29 is 9.47 Å². The molecule has 1 unspecified atom stereocenters. The van der Waals surface area contributed by atoms with E-state index in [0.29, 0.717) is 0 Å². The van der Waals surface area contributed by atoms with Gasteiger partial charge in [-0.1, -0.05) is 31.2 Å². The number of hydrogen-bond donors (Lipinski definition) is 0. The first-order valence-electron chi connectivity index (χ1n) is 7.66. The molecular formula is C19H27NO2. The second-order valence-electron chi connectivity index (χ2n) is 4.82. The Hall–Kier alpha value is -2.00. The largest absolute Gasteiger partial charge is 0.497 e. The van der Waals surface area contributed by atoms with Crippen LogP contribution in [0.3, 0.4) is 0 Å². The summed E-state index contributed by atoms with van der Waals surface area (Å²) in [6.45, 7) is 4.13. The van der Waals surface area contributed by atoms with Gasteiger partial charge in [0.05, 0.1) is 13.2 Å². The molecule has 0 amide bonds. The average molecular weight is 301 g/mol. The van der Waals surface area contributed by atoms with Crippen molar-refractivity contribution in [3.05, 3.63) is 61.0 Å². The maximum atomic E-state index is 5.44. The number of benzene rings is 1. The van der Waals surface area contributed by atoms with Gasteiger partial charge in [0.2, 0.25) is 0 Å². The van der Waals surface area contributed by atoms with Crippen LogP contribution in [0.15, 0.2) is 61.0 Å². The molecule has 3 nitrogen and oxygen atoms in total. The summed E-state index contributed by atoms with van der Waals surface area (Å²) >= 11 is 0. The Balaban J connectivity index is 2.74. The van der Waals surface area contributed by atoms with Gasteiger partial charge in [-0.15, -0.1) is 0 Å². The molecule has 0 aliphatic rings. The van der Waals surface area contributed by atoms with Crippen LogP contribution in [-0.4, -0.2) is 20.3 Å². The van der Waals surface area contributed by atoms with Gasteiger partial charge in [0, 0.05) is 25.2 Å². The molecule has 0 aromatic heterocycles. The summed E-state index contributed by atoms with van der Waals surface area (Å²) in [7, 11) is 3.42. The van der Waals surface area contributed by atoms with Gasteiger partial charge >= 0.3 is 0 Å². The van der Waals surface area contributed by atoms with Crippen molar-refractivity contribution in [3.8, 4) is 5.75 Å². The third kappa shape index (κ3) is 6.19. The Labute approximate surface area is 134 Å². The van der Waals surface area contributed by atoms with Crippen LogP contribution in [0.4, 0.5) is 5.69 Å². The van der Waals surface area contributed by atoms with Crippen molar-refractivity contribution >= 4 is 5.69 Å². The van der Waals surface area contributed by atoms with Crippen LogP contribution in [0, 0.1) is 0 Å². The molecular weight excluding hydrogens is 274 g/mol. The maximum absolute atomic E-state index is 5.44. The number of hydrogen-bond acceptors (Lipinski definition) is 3. The van der Waals surface area contributed by atoms with Crippen LogP contribution in [0.1, 0.15) is 26.7 Å². The molecule has 1 atom stereocenters. The first-order chi connectivity index (χ1) is 10.7. The van der Waals surface area contributed by atoms with E-state index in [1.165, 1.54) is 0 Å². The van der Waals surface area contributed by atoms with E-state index in [4.69, 9.17) is 9.47 Å². The van der Waals surface area contributed by atoms with E-state index in [-0.39, 0.29) is 6.10 Å². The third-order valence-electron chi connectivity index (χ3n) is 3.20. The molecule has 22 heavy (non-hydrogen) atoms. The van der Waals surface area contributed by atoms with Crippen molar-refractivity contribution in [1.29, 1.82) is 0 Å². The Morgan fingerprint density at radius 1 is 1.09 bits per heavy atom. The molecule has 1 rings (SSSR count). The van der Waals surface area contributed by atoms with Crippen molar-refractivity contribution in [2.45, 2.75) is 32.8 Å². The third-order valence-corrected chi connectivity index (χ3v) is 3.20. The molecule has 1 aromatic carbocycles. The normalized spacial score (nSPS) is 13.3. The van der Waals surface area contributed by atoms with Crippen LogP contribution < -0.4 is 9.64 Å². The molecule has 0 heterocycles. The van der Waals surface area contributed by atoms with Gasteiger partial charge < -0.3 is 14.4 Å². The smallest absolute Gasteiger partial charge is 0.119 e. The van der Waals surface area contributed by atoms with E-state index in [0.717, 1.165) is 24.3 Å². The summed E-state index contributed by atoms with van der Waals surface area (Å²) in [6, 6.07) is 7.99. The van der Waals surface area contributed by atoms with Gasteiger partial charge in [0.1, 0.15) is 5.75 Å². The summed E-state index contributed by atoms with van der Waals surface area (Å²) in [5.74, 6) is 0.859. The molecule has 0 N–H and O–H groups in total. The fourth-order valence-corrected chi connectivity index (χ4v) is 1.99.